The van der Waals surface area contributed by atoms with Crippen LogP contribution in [0, 0.1) is 13.8 Å². The molecule has 124 valence electrons. The Kier molecular flexibility index (Phi) is 5.54. The van der Waals surface area contributed by atoms with Gasteiger partial charge in [-0.3, -0.25) is 4.79 Å². The summed E-state index contributed by atoms with van der Waals surface area (Å²) in [6.07, 6.45) is 1.17. The number of ether oxygens (including phenoxy) is 1. The van der Waals surface area contributed by atoms with Gasteiger partial charge in [-0.15, -0.1) is 11.3 Å². The first-order valence-corrected chi connectivity index (χ1v) is 9.68. The average molecular weight is 347 g/mol. The molecule has 9 heteroatoms. The van der Waals surface area contributed by atoms with Gasteiger partial charge in [-0.1, -0.05) is 0 Å². The van der Waals surface area contributed by atoms with Crippen LogP contribution in [0.3, 0.4) is 0 Å². The molecule has 1 atom stereocenters. The fourth-order valence-corrected chi connectivity index (χ4v) is 4.07. The van der Waals surface area contributed by atoms with Crippen LogP contribution in [0.5, 0.6) is 0 Å². The highest BCUT2D eigenvalue weighted by molar-refractivity contribution is 7.88. The van der Waals surface area contributed by atoms with E-state index in [1.54, 1.807) is 0 Å². The lowest BCUT2D eigenvalue weighted by Gasteiger charge is -2.31. The number of nitrogens with one attached hydrogen (secondary N) is 1. The number of hydrogen-bond acceptors (Lipinski definition) is 6. The molecule has 0 radical (unpaired) electrons. The van der Waals surface area contributed by atoms with Crippen LogP contribution in [0.4, 0.5) is 0 Å². The number of rotatable bonds is 5. The average Bonchev–Trinajstić information content (AvgIpc) is 2.74. The highest BCUT2D eigenvalue weighted by Crippen LogP contribution is 2.17. The standard InChI is InChI=1S/C13H21N3O4S2/c1-9-12(21-10(2)15-9)6-13(17)14-7-11-8-16(4-5-20-11)22(3,18)19/h11H,4-8H2,1-3H3,(H,14,17)/t11-/m0/s1. The van der Waals surface area contributed by atoms with E-state index >= 15 is 0 Å². The van der Waals surface area contributed by atoms with E-state index in [-0.39, 0.29) is 18.6 Å². The Balaban J connectivity index is 1.82. The second-order valence-electron chi connectivity index (χ2n) is 5.34. The Labute approximate surface area is 134 Å². The summed E-state index contributed by atoms with van der Waals surface area (Å²) in [5.74, 6) is -0.105. The number of thiazole rings is 1. The first kappa shape index (κ1) is 17.3. The summed E-state index contributed by atoms with van der Waals surface area (Å²) in [4.78, 5) is 17.2. The van der Waals surface area contributed by atoms with Crippen molar-refractivity contribution in [1.82, 2.24) is 14.6 Å². The fraction of sp³-hybridized carbons (Fsp3) is 0.692. The summed E-state index contributed by atoms with van der Waals surface area (Å²) >= 11 is 1.52. The van der Waals surface area contributed by atoms with E-state index < -0.39 is 10.0 Å². The van der Waals surface area contributed by atoms with Gasteiger partial charge in [0.1, 0.15) is 0 Å². The normalized spacial score (nSPS) is 20.0. The third-order valence-corrected chi connectivity index (χ3v) is 5.76. The van der Waals surface area contributed by atoms with Gasteiger partial charge in [0.25, 0.3) is 0 Å². The number of nitrogens with zero attached hydrogens (tertiary/aromatic N) is 2. The van der Waals surface area contributed by atoms with E-state index in [0.717, 1.165) is 15.6 Å². The second kappa shape index (κ2) is 7.03. The molecule has 0 unspecified atom stereocenters. The summed E-state index contributed by atoms with van der Waals surface area (Å²) in [6, 6.07) is 0. The third-order valence-electron chi connectivity index (χ3n) is 3.42. The maximum Gasteiger partial charge on any atom is 0.225 e. The molecular formula is C13H21N3O4S2. The molecule has 2 rings (SSSR count). The Morgan fingerprint density at radius 1 is 1.50 bits per heavy atom. The smallest absolute Gasteiger partial charge is 0.225 e. The van der Waals surface area contributed by atoms with Gasteiger partial charge in [-0.2, -0.15) is 4.31 Å². The van der Waals surface area contributed by atoms with Crippen molar-refractivity contribution in [3.05, 3.63) is 15.6 Å². The molecule has 0 spiro atoms. The number of hydrogen-bond donors (Lipinski definition) is 1. The maximum absolute atomic E-state index is 12.0. The Morgan fingerprint density at radius 2 is 2.23 bits per heavy atom. The van der Waals surface area contributed by atoms with Gasteiger partial charge in [0.2, 0.25) is 15.9 Å². The zero-order valence-corrected chi connectivity index (χ0v) is 14.6. The highest BCUT2D eigenvalue weighted by Gasteiger charge is 2.26. The summed E-state index contributed by atoms with van der Waals surface area (Å²) in [5, 5.41) is 3.75. The summed E-state index contributed by atoms with van der Waals surface area (Å²) in [5.41, 5.74) is 0.884. The quantitative estimate of drug-likeness (QED) is 0.815. The van der Waals surface area contributed by atoms with Crippen LogP contribution in [-0.2, 0) is 26.0 Å². The van der Waals surface area contributed by atoms with Crippen molar-refractivity contribution in [3.63, 3.8) is 0 Å². The lowest BCUT2D eigenvalue weighted by Crippen LogP contribution is -2.49. The number of carbonyl (C=O) groups excluding carboxylic acids is 1. The minimum Gasteiger partial charge on any atom is -0.374 e. The first-order valence-electron chi connectivity index (χ1n) is 7.02. The van der Waals surface area contributed by atoms with Gasteiger partial charge < -0.3 is 10.1 Å². The number of morpholine rings is 1. The maximum atomic E-state index is 12.0. The largest absolute Gasteiger partial charge is 0.374 e. The molecule has 0 saturated carbocycles. The molecule has 7 nitrogen and oxygen atoms in total. The molecule has 1 N–H and O–H groups in total. The topological polar surface area (TPSA) is 88.6 Å². The lowest BCUT2D eigenvalue weighted by molar-refractivity contribution is -0.121. The first-order chi connectivity index (χ1) is 10.3. The molecule has 1 aliphatic rings. The number of sulfonamides is 1. The van der Waals surface area contributed by atoms with E-state index in [4.69, 9.17) is 4.74 Å². The molecule has 0 aromatic carbocycles. The highest BCUT2D eigenvalue weighted by atomic mass is 32.2. The van der Waals surface area contributed by atoms with E-state index in [1.807, 2.05) is 13.8 Å². The molecule has 1 aliphatic heterocycles. The second-order valence-corrected chi connectivity index (χ2v) is 8.61. The Bertz CT molecular complexity index is 642. The van der Waals surface area contributed by atoms with Crippen molar-refractivity contribution in [1.29, 1.82) is 0 Å². The Hall–Kier alpha value is -1.03. The van der Waals surface area contributed by atoms with E-state index in [0.29, 0.717) is 26.1 Å². The number of amides is 1. The lowest BCUT2D eigenvalue weighted by atomic mass is 10.2. The van der Waals surface area contributed by atoms with Gasteiger partial charge in [0.05, 0.1) is 36.1 Å². The predicted molar refractivity (Wildman–Crippen MR) is 84.5 cm³/mol. The van der Waals surface area contributed by atoms with Gasteiger partial charge >= 0.3 is 0 Å². The molecule has 1 amide bonds. The van der Waals surface area contributed by atoms with E-state index in [9.17, 15) is 13.2 Å². The van der Waals surface area contributed by atoms with Crippen LogP contribution in [0.15, 0.2) is 0 Å². The third kappa shape index (κ3) is 4.73. The SMILES string of the molecule is Cc1nc(C)c(CC(=O)NC[C@H]2CN(S(C)(=O)=O)CCO2)s1. The van der Waals surface area contributed by atoms with Crippen molar-refractivity contribution in [2.75, 3.05) is 32.5 Å². The summed E-state index contributed by atoms with van der Waals surface area (Å²) < 4.78 is 29.9. The van der Waals surface area contributed by atoms with Crippen molar-refractivity contribution >= 4 is 27.3 Å². The Morgan fingerprint density at radius 3 is 2.82 bits per heavy atom. The van der Waals surface area contributed by atoms with Crippen LogP contribution < -0.4 is 5.32 Å². The van der Waals surface area contributed by atoms with Gasteiger partial charge in [0.15, 0.2) is 0 Å². The molecule has 1 aromatic rings. The van der Waals surface area contributed by atoms with Gasteiger partial charge in [-0.05, 0) is 13.8 Å². The van der Waals surface area contributed by atoms with Crippen LogP contribution in [-0.4, -0.2) is 62.2 Å². The molecule has 1 saturated heterocycles. The summed E-state index contributed by atoms with van der Waals surface area (Å²) in [7, 11) is -3.21. The molecule has 0 bridgehead atoms. The van der Waals surface area contributed by atoms with Gasteiger partial charge in [0, 0.05) is 24.5 Å². The molecule has 0 aliphatic carbocycles. The predicted octanol–water partition coefficient (Wildman–Crippen LogP) is 0.0790. The molecular weight excluding hydrogens is 326 g/mol. The number of carbonyl (C=O) groups is 1. The van der Waals surface area contributed by atoms with Crippen molar-refractivity contribution in [3.8, 4) is 0 Å². The van der Waals surface area contributed by atoms with Crippen LogP contribution in [0.25, 0.3) is 0 Å². The monoisotopic (exact) mass is 347 g/mol. The molecule has 22 heavy (non-hydrogen) atoms. The fourth-order valence-electron chi connectivity index (χ4n) is 2.29. The zero-order valence-electron chi connectivity index (χ0n) is 13.0. The van der Waals surface area contributed by atoms with E-state index in [1.165, 1.54) is 21.9 Å². The van der Waals surface area contributed by atoms with Crippen LogP contribution in [0.2, 0.25) is 0 Å². The van der Waals surface area contributed by atoms with E-state index in [2.05, 4.69) is 10.3 Å². The minimum atomic E-state index is -3.21. The summed E-state index contributed by atoms with van der Waals surface area (Å²) in [6.45, 7) is 5.10. The zero-order chi connectivity index (χ0) is 16.3. The van der Waals surface area contributed by atoms with Crippen molar-refractivity contribution in [2.24, 2.45) is 0 Å². The molecule has 1 fully saturated rings. The van der Waals surface area contributed by atoms with Crippen LogP contribution >= 0.6 is 11.3 Å². The molecule has 1 aromatic heterocycles. The van der Waals surface area contributed by atoms with Crippen molar-refractivity contribution < 1.29 is 17.9 Å². The van der Waals surface area contributed by atoms with Crippen molar-refractivity contribution in [2.45, 2.75) is 26.4 Å². The number of aromatic nitrogens is 1. The minimum absolute atomic E-state index is 0.105. The van der Waals surface area contributed by atoms with Crippen LogP contribution in [0.1, 0.15) is 15.6 Å². The number of aryl methyl sites for hydroxylation is 2. The molecule has 2 heterocycles. The van der Waals surface area contributed by atoms with Gasteiger partial charge in [-0.25, -0.2) is 13.4 Å².